The van der Waals surface area contributed by atoms with Crippen LogP contribution in [0.2, 0.25) is 0 Å². The summed E-state index contributed by atoms with van der Waals surface area (Å²) in [7, 11) is 0. The van der Waals surface area contributed by atoms with Crippen LogP contribution in [0.15, 0.2) is 24.3 Å². The van der Waals surface area contributed by atoms with Crippen LogP contribution in [0.4, 0.5) is 14.7 Å². The first-order valence-corrected chi connectivity index (χ1v) is 8.20. The van der Waals surface area contributed by atoms with Gasteiger partial charge in [0, 0.05) is 55.2 Å². The Hall–Kier alpha value is -2.08. The van der Waals surface area contributed by atoms with Gasteiger partial charge >= 0.3 is 0 Å². The maximum absolute atomic E-state index is 14.0. The van der Waals surface area contributed by atoms with Gasteiger partial charge in [0.25, 0.3) is 0 Å². The molecule has 2 aromatic rings. The first-order valence-electron chi connectivity index (χ1n) is 8.20. The minimum absolute atomic E-state index is 0.0899. The Bertz CT molecular complexity index is 707. The molecule has 0 amide bonds. The van der Waals surface area contributed by atoms with Crippen molar-refractivity contribution >= 4 is 5.95 Å². The Kier molecular flexibility index (Phi) is 4.76. The van der Waals surface area contributed by atoms with E-state index in [1.54, 1.807) is 0 Å². The predicted octanol–water partition coefficient (Wildman–Crippen LogP) is 3.25. The van der Waals surface area contributed by atoms with Gasteiger partial charge in [-0.2, -0.15) is 0 Å². The molecule has 1 aliphatic rings. The number of anilines is 1. The number of halogens is 2. The van der Waals surface area contributed by atoms with Crippen molar-refractivity contribution in [1.82, 2.24) is 14.9 Å². The summed E-state index contributed by atoms with van der Waals surface area (Å²) < 4.78 is 27.1. The van der Waals surface area contributed by atoms with Crippen molar-refractivity contribution < 1.29 is 8.78 Å². The van der Waals surface area contributed by atoms with Crippen LogP contribution in [0.3, 0.4) is 0 Å². The normalized spacial score (nSPS) is 17.1. The number of hydrogen-bond acceptors (Lipinski definition) is 4. The number of rotatable bonds is 3. The van der Waals surface area contributed by atoms with Crippen LogP contribution in [0, 0.1) is 25.5 Å². The van der Waals surface area contributed by atoms with E-state index in [-0.39, 0.29) is 6.04 Å². The molecule has 1 aliphatic heterocycles. The maximum atomic E-state index is 14.0. The monoisotopic (exact) mass is 332 g/mol. The van der Waals surface area contributed by atoms with Gasteiger partial charge < -0.3 is 4.90 Å². The Morgan fingerprint density at radius 2 is 1.58 bits per heavy atom. The summed E-state index contributed by atoms with van der Waals surface area (Å²) in [5.74, 6) is -0.268. The smallest absolute Gasteiger partial charge is 0.225 e. The van der Waals surface area contributed by atoms with Crippen molar-refractivity contribution in [1.29, 1.82) is 0 Å². The third kappa shape index (κ3) is 3.53. The number of nitrogens with zero attached hydrogens (tertiary/aromatic N) is 4. The quantitative estimate of drug-likeness (QED) is 0.864. The van der Waals surface area contributed by atoms with Crippen LogP contribution < -0.4 is 4.90 Å². The van der Waals surface area contributed by atoms with E-state index in [1.165, 1.54) is 12.1 Å². The van der Waals surface area contributed by atoms with Crippen molar-refractivity contribution in [2.75, 3.05) is 31.1 Å². The fourth-order valence-corrected chi connectivity index (χ4v) is 3.19. The summed E-state index contributed by atoms with van der Waals surface area (Å²) in [6.45, 7) is 9.04. The first-order chi connectivity index (χ1) is 11.4. The molecule has 1 saturated heterocycles. The second-order valence-electron chi connectivity index (χ2n) is 6.32. The van der Waals surface area contributed by atoms with Crippen LogP contribution in [0.5, 0.6) is 0 Å². The van der Waals surface area contributed by atoms with Gasteiger partial charge in [-0.1, -0.05) is 6.07 Å². The Morgan fingerprint density at radius 3 is 2.17 bits per heavy atom. The molecule has 0 saturated carbocycles. The highest BCUT2D eigenvalue weighted by Gasteiger charge is 2.25. The third-order valence-electron chi connectivity index (χ3n) is 4.53. The van der Waals surface area contributed by atoms with Crippen molar-refractivity contribution in [3.63, 3.8) is 0 Å². The molecular weight excluding hydrogens is 310 g/mol. The predicted molar refractivity (Wildman–Crippen MR) is 90.1 cm³/mol. The second-order valence-corrected chi connectivity index (χ2v) is 6.32. The molecule has 1 aromatic carbocycles. The van der Waals surface area contributed by atoms with Crippen LogP contribution in [-0.4, -0.2) is 41.0 Å². The Balaban J connectivity index is 1.68. The molecule has 0 spiro atoms. The molecule has 1 fully saturated rings. The standard InChI is InChI=1S/C18H22F2N4/c1-12-10-13(2)22-18(21-12)24-8-6-23(7-9-24)14(3)16-5-4-15(19)11-17(16)20/h4-5,10-11,14H,6-9H2,1-3H3. The number of aromatic nitrogens is 2. The lowest BCUT2D eigenvalue weighted by atomic mass is 10.1. The lowest BCUT2D eigenvalue weighted by Gasteiger charge is -2.38. The van der Waals surface area contributed by atoms with Crippen molar-refractivity contribution in [3.8, 4) is 0 Å². The maximum Gasteiger partial charge on any atom is 0.225 e. The fraction of sp³-hybridized carbons (Fsp3) is 0.444. The van der Waals surface area contributed by atoms with Gasteiger partial charge in [-0.3, -0.25) is 4.90 Å². The fourth-order valence-electron chi connectivity index (χ4n) is 3.19. The number of benzene rings is 1. The molecule has 1 atom stereocenters. The molecule has 4 nitrogen and oxygen atoms in total. The summed E-state index contributed by atoms with van der Waals surface area (Å²) in [6, 6.07) is 5.67. The van der Waals surface area contributed by atoms with Crippen molar-refractivity contribution in [2.45, 2.75) is 26.8 Å². The zero-order valence-electron chi connectivity index (χ0n) is 14.3. The van der Waals surface area contributed by atoms with Crippen LogP contribution in [-0.2, 0) is 0 Å². The van der Waals surface area contributed by atoms with E-state index in [0.717, 1.165) is 49.6 Å². The molecule has 1 aromatic heterocycles. The van der Waals surface area contributed by atoms with Crippen LogP contribution in [0.1, 0.15) is 29.9 Å². The average molecular weight is 332 g/mol. The summed E-state index contributed by atoms with van der Waals surface area (Å²) in [5, 5.41) is 0. The highest BCUT2D eigenvalue weighted by molar-refractivity contribution is 5.33. The number of hydrogen-bond donors (Lipinski definition) is 0. The minimum Gasteiger partial charge on any atom is -0.338 e. The highest BCUT2D eigenvalue weighted by Crippen LogP contribution is 2.25. The zero-order valence-corrected chi connectivity index (χ0v) is 14.3. The zero-order chi connectivity index (χ0) is 17.3. The number of aryl methyl sites for hydroxylation is 2. The SMILES string of the molecule is Cc1cc(C)nc(N2CCN(C(C)c3ccc(F)cc3F)CC2)n1. The van der Waals surface area contributed by atoms with Gasteiger partial charge in [-0.15, -0.1) is 0 Å². The number of piperazine rings is 1. The van der Waals surface area contributed by atoms with Gasteiger partial charge in [0.05, 0.1) is 0 Å². The van der Waals surface area contributed by atoms with Gasteiger partial charge in [0.1, 0.15) is 11.6 Å². The van der Waals surface area contributed by atoms with E-state index in [1.807, 2.05) is 26.8 Å². The molecule has 0 aliphatic carbocycles. The lowest BCUT2D eigenvalue weighted by molar-refractivity contribution is 0.194. The van der Waals surface area contributed by atoms with E-state index in [0.29, 0.717) is 5.56 Å². The lowest BCUT2D eigenvalue weighted by Crippen LogP contribution is -2.48. The minimum atomic E-state index is -0.541. The molecular formula is C18H22F2N4. The van der Waals surface area contributed by atoms with Crippen LogP contribution >= 0.6 is 0 Å². The summed E-state index contributed by atoms with van der Waals surface area (Å²) >= 11 is 0. The molecule has 6 heteroatoms. The molecule has 0 N–H and O–H groups in total. The molecule has 0 bridgehead atoms. The molecule has 3 rings (SSSR count). The molecule has 2 heterocycles. The average Bonchev–Trinajstić information content (AvgIpc) is 2.53. The summed E-state index contributed by atoms with van der Waals surface area (Å²) in [5.41, 5.74) is 2.45. The first kappa shape index (κ1) is 16.8. The van der Waals surface area contributed by atoms with Crippen LogP contribution in [0.25, 0.3) is 0 Å². The second kappa shape index (κ2) is 6.81. The molecule has 1 unspecified atom stereocenters. The Labute approximate surface area is 141 Å². The highest BCUT2D eigenvalue weighted by atomic mass is 19.1. The Morgan fingerprint density at radius 1 is 0.958 bits per heavy atom. The van der Waals surface area contributed by atoms with Crippen molar-refractivity contribution in [2.24, 2.45) is 0 Å². The summed E-state index contributed by atoms with van der Waals surface area (Å²) in [4.78, 5) is 13.4. The topological polar surface area (TPSA) is 32.3 Å². The van der Waals surface area contributed by atoms with E-state index in [4.69, 9.17) is 0 Å². The third-order valence-corrected chi connectivity index (χ3v) is 4.53. The van der Waals surface area contributed by atoms with E-state index >= 15 is 0 Å². The van der Waals surface area contributed by atoms with Gasteiger partial charge in [-0.25, -0.2) is 18.7 Å². The van der Waals surface area contributed by atoms with E-state index in [2.05, 4.69) is 19.8 Å². The van der Waals surface area contributed by atoms with Gasteiger partial charge in [0.2, 0.25) is 5.95 Å². The van der Waals surface area contributed by atoms with E-state index in [9.17, 15) is 8.78 Å². The van der Waals surface area contributed by atoms with Gasteiger partial charge in [-0.05, 0) is 32.9 Å². The van der Waals surface area contributed by atoms with Gasteiger partial charge in [0.15, 0.2) is 0 Å². The van der Waals surface area contributed by atoms with Crippen molar-refractivity contribution in [3.05, 3.63) is 52.9 Å². The largest absolute Gasteiger partial charge is 0.338 e. The molecule has 24 heavy (non-hydrogen) atoms. The summed E-state index contributed by atoms with van der Waals surface area (Å²) in [6.07, 6.45) is 0. The molecule has 0 radical (unpaired) electrons. The van der Waals surface area contributed by atoms with E-state index < -0.39 is 11.6 Å². The molecule has 128 valence electrons.